The molecule has 0 bridgehead atoms. The van der Waals surface area contributed by atoms with Gasteiger partial charge in [-0.2, -0.15) is 4.98 Å². The van der Waals surface area contributed by atoms with E-state index in [2.05, 4.69) is 47.4 Å². The number of carboxylic acid groups (broad SMARTS) is 1. The van der Waals surface area contributed by atoms with E-state index in [1.807, 2.05) is 13.0 Å². The Morgan fingerprint density at radius 3 is 2.51 bits per heavy atom. The SMILES string of the molecule is CCC(C)N(CC)c1nc(-c2ccc(F)cc2)cc(N2CCN(c3ncc(C(=O)O)cc3C)CC2C)n1. The van der Waals surface area contributed by atoms with E-state index in [1.54, 1.807) is 18.2 Å². The highest BCUT2D eigenvalue weighted by atomic mass is 19.1. The standard InChI is InChI=1S/C28H35FN6O2/c1-6-19(4)34(7-2)28-31-24(21-8-10-23(29)11-9-21)15-25(32-28)35-13-12-33(17-20(35)5)26-18(3)14-22(16-30-26)27(36)37/h8-11,14-16,19-20H,6-7,12-13,17H2,1-5H3,(H,36,37). The molecule has 3 heterocycles. The first-order valence-electron chi connectivity index (χ1n) is 12.8. The van der Waals surface area contributed by atoms with Crippen LogP contribution in [0.2, 0.25) is 0 Å². The number of halogens is 1. The van der Waals surface area contributed by atoms with Crippen LogP contribution < -0.4 is 14.7 Å². The monoisotopic (exact) mass is 506 g/mol. The number of aromatic carboxylic acids is 1. The molecule has 1 saturated heterocycles. The lowest BCUT2D eigenvalue weighted by Gasteiger charge is -2.42. The molecular formula is C28H35FN6O2. The molecule has 1 aliphatic heterocycles. The third kappa shape index (κ3) is 5.65. The number of benzene rings is 1. The summed E-state index contributed by atoms with van der Waals surface area (Å²) in [6.07, 6.45) is 2.39. The van der Waals surface area contributed by atoms with E-state index in [9.17, 15) is 14.3 Å². The fourth-order valence-electron chi connectivity index (χ4n) is 4.84. The first-order valence-corrected chi connectivity index (χ1v) is 12.8. The summed E-state index contributed by atoms with van der Waals surface area (Å²) >= 11 is 0. The van der Waals surface area contributed by atoms with Crippen molar-refractivity contribution in [1.82, 2.24) is 15.0 Å². The highest BCUT2D eigenvalue weighted by Crippen LogP contribution is 2.30. The minimum atomic E-state index is -0.977. The van der Waals surface area contributed by atoms with Gasteiger partial charge in [-0.25, -0.2) is 19.2 Å². The van der Waals surface area contributed by atoms with Gasteiger partial charge in [-0.05, 0) is 70.0 Å². The smallest absolute Gasteiger partial charge is 0.337 e. The normalized spacial score (nSPS) is 16.5. The van der Waals surface area contributed by atoms with Crippen molar-refractivity contribution >= 4 is 23.6 Å². The Kier molecular flexibility index (Phi) is 7.90. The number of hydrogen-bond donors (Lipinski definition) is 1. The van der Waals surface area contributed by atoms with Crippen molar-refractivity contribution in [2.24, 2.45) is 0 Å². The molecule has 1 aromatic carbocycles. The van der Waals surface area contributed by atoms with Gasteiger partial charge in [0.15, 0.2) is 0 Å². The van der Waals surface area contributed by atoms with Crippen LogP contribution in [0.3, 0.4) is 0 Å². The number of piperazine rings is 1. The zero-order valence-electron chi connectivity index (χ0n) is 22.1. The molecule has 8 nitrogen and oxygen atoms in total. The topological polar surface area (TPSA) is 85.7 Å². The zero-order chi connectivity index (χ0) is 26.7. The molecule has 3 aromatic rings. The van der Waals surface area contributed by atoms with E-state index >= 15 is 0 Å². The molecular weight excluding hydrogens is 471 g/mol. The third-order valence-corrected chi connectivity index (χ3v) is 7.08. The molecule has 0 spiro atoms. The first kappa shape index (κ1) is 26.3. The van der Waals surface area contributed by atoms with Crippen molar-refractivity contribution in [1.29, 1.82) is 0 Å². The van der Waals surface area contributed by atoms with Crippen LogP contribution in [-0.2, 0) is 0 Å². The number of rotatable bonds is 8. The van der Waals surface area contributed by atoms with Gasteiger partial charge < -0.3 is 19.8 Å². The van der Waals surface area contributed by atoms with Crippen molar-refractivity contribution in [3.63, 3.8) is 0 Å². The number of pyridine rings is 1. The fraction of sp³-hybridized carbons (Fsp3) is 0.429. The minimum Gasteiger partial charge on any atom is -0.478 e. The molecule has 2 unspecified atom stereocenters. The number of hydrogen-bond acceptors (Lipinski definition) is 7. The Bertz CT molecular complexity index is 1250. The third-order valence-electron chi connectivity index (χ3n) is 7.08. The maximum Gasteiger partial charge on any atom is 0.337 e. The van der Waals surface area contributed by atoms with E-state index in [0.717, 1.165) is 54.5 Å². The summed E-state index contributed by atoms with van der Waals surface area (Å²) < 4.78 is 13.6. The summed E-state index contributed by atoms with van der Waals surface area (Å²) in [5.74, 6) is 1.06. The molecule has 0 aliphatic carbocycles. The van der Waals surface area contributed by atoms with Crippen LogP contribution in [0, 0.1) is 12.7 Å². The lowest BCUT2D eigenvalue weighted by molar-refractivity contribution is 0.0696. The van der Waals surface area contributed by atoms with Gasteiger partial charge in [0.05, 0.1) is 11.3 Å². The van der Waals surface area contributed by atoms with Gasteiger partial charge in [-0.3, -0.25) is 0 Å². The molecule has 2 aromatic heterocycles. The summed E-state index contributed by atoms with van der Waals surface area (Å²) in [5.41, 5.74) is 2.64. The van der Waals surface area contributed by atoms with Crippen LogP contribution in [0.4, 0.5) is 22.0 Å². The summed E-state index contributed by atoms with van der Waals surface area (Å²) in [5, 5.41) is 9.27. The second-order valence-corrected chi connectivity index (χ2v) is 9.62. The number of carboxylic acids is 1. The largest absolute Gasteiger partial charge is 0.478 e. The number of nitrogens with zero attached hydrogens (tertiary/aromatic N) is 6. The van der Waals surface area contributed by atoms with Crippen LogP contribution in [0.1, 0.15) is 50.0 Å². The van der Waals surface area contributed by atoms with Gasteiger partial charge in [-0.1, -0.05) is 6.92 Å². The average molecular weight is 507 g/mol. The van der Waals surface area contributed by atoms with Crippen LogP contribution in [0.25, 0.3) is 11.3 Å². The second kappa shape index (κ2) is 11.1. The van der Waals surface area contributed by atoms with Crippen molar-refractivity contribution in [3.8, 4) is 11.3 Å². The van der Waals surface area contributed by atoms with Gasteiger partial charge in [0.25, 0.3) is 0 Å². The number of aromatic nitrogens is 3. The van der Waals surface area contributed by atoms with Crippen LogP contribution in [0.15, 0.2) is 42.6 Å². The fourth-order valence-corrected chi connectivity index (χ4v) is 4.84. The molecule has 1 fully saturated rings. The van der Waals surface area contributed by atoms with Gasteiger partial charge in [0.1, 0.15) is 17.5 Å². The maximum atomic E-state index is 13.6. The first-order chi connectivity index (χ1) is 17.7. The Morgan fingerprint density at radius 2 is 1.92 bits per heavy atom. The lowest BCUT2D eigenvalue weighted by atomic mass is 10.1. The Hall–Kier alpha value is -3.75. The highest BCUT2D eigenvalue weighted by molar-refractivity contribution is 5.87. The molecule has 2 atom stereocenters. The summed E-state index contributed by atoms with van der Waals surface area (Å²) in [6.45, 7) is 13.4. The predicted octanol–water partition coefficient (Wildman–Crippen LogP) is 5.02. The van der Waals surface area contributed by atoms with Gasteiger partial charge in [0, 0.05) is 56.1 Å². The molecule has 37 heavy (non-hydrogen) atoms. The molecule has 1 aliphatic rings. The number of anilines is 3. The summed E-state index contributed by atoms with van der Waals surface area (Å²) in [6, 6.07) is 10.5. The van der Waals surface area contributed by atoms with E-state index in [1.165, 1.54) is 18.3 Å². The maximum absolute atomic E-state index is 13.6. The van der Waals surface area contributed by atoms with Gasteiger partial charge in [0.2, 0.25) is 5.95 Å². The van der Waals surface area contributed by atoms with Crippen LogP contribution in [0.5, 0.6) is 0 Å². The molecule has 1 N–H and O–H groups in total. The van der Waals surface area contributed by atoms with Crippen molar-refractivity contribution in [2.75, 3.05) is 40.9 Å². The predicted molar refractivity (Wildman–Crippen MR) is 145 cm³/mol. The van der Waals surface area contributed by atoms with Gasteiger partial charge >= 0.3 is 5.97 Å². The lowest BCUT2D eigenvalue weighted by Crippen LogP contribution is -2.53. The summed E-state index contributed by atoms with van der Waals surface area (Å²) in [4.78, 5) is 32.3. The summed E-state index contributed by atoms with van der Waals surface area (Å²) in [7, 11) is 0. The van der Waals surface area contributed by atoms with Gasteiger partial charge in [-0.15, -0.1) is 0 Å². The van der Waals surface area contributed by atoms with E-state index < -0.39 is 5.97 Å². The average Bonchev–Trinajstić information content (AvgIpc) is 2.89. The number of carbonyl (C=O) groups is 1. The minimum absolute atomic E-state index is 0.122. The van der Waals surface area contributed by atoms with E-state index in [0.29, 0.717) is 12.5 Å². The Morgan fingerprint density at radius 1 is 1.19 bits per heavy atom. The second-order valence-electron chi connectivity index (χ2n) is 9.62. The highest BCUT2D eigenvalue weighted by Gasteiger charge is 2.28. The Labute approximate surface area is 217 Å². The molecule has 196 valence electrons. The zero-order valence-corrected chi connectivity index (χ0v) is 22.1. The van der Waals surface area contributed by atoms with E-state index in [4.69, 9.17) is 9.97 Å². The van der Waals surface area contributed by atoms with Crippen LogP contribution in [-0.4, -0.2) is 64.3 Å². The molecule has 4 rings (SSSR count). The molecule has 0 amide bonds. The van der Waals surface area contributed by atoms with Crippen molar-refractivity contribution in [2.45, 2.75) is 53.1 Å². The molecule has 0 saturated carbocycles. The van der Waals surface area contributed by atoms with Crippen molar-refractivity contribution in [3.05, 3.63) is 59.5 Å². The van der Waals surface area contributed by atoms with Crippen LogP contribution >= 0.6 is 0 Å². The Balaban J connectivity index is 1.66. The van der Waals surface area contributed by atoms with E-state index in [-0.39, 0.29) is 23.5 Å². The molecule has 9 heteroatoms. The quantitative estimate of drug-likeness (QED) is 0.456. The molecule has 0 radical (unpaired) electrons. The number of aryl methyl sites for hydroxylation is 1. The van der Waals surface area contributed by atoms with Crippen molar-refractivity contribution < 1.29 is 14.3 Å².